The normalized spacial score (nSPS) is 18.2. The number of thiophene rings is 1. The van der Waals surface area contributed by atoms with Gasteiger partial charge in [-0.2, -0.15) is 0 Å². The molecule has 2 N–H and O–H groups in total. The summed E-state index contributed by atoms with van der Waals surface area (Å²) >= 11 is 1.64. The van der Waals surface area contributed by atoms with Crippen LogP contribution in [0.5, 0.6) is 0 Å². The highest BCUT2D eigenvalue weighted by atomic mass is 32.1. The SMILES string of the molecule is CCC(C(N)=O)n1c(CCOC)nc2sc3c(c2c1=O)CCC(C(C)(C)C)C3. The maximum atomic E-state index is 13.5. The summed E-state index contributed by atoms with van der Waals surface area (Å²) in [6.45, 7) is 9.14. The number of nitrogens with two attached hydrogens (primary N) is 1. The van der Waals surface area contributed by atoms with E-state index in [1.807, 2.05) is 6.92 Å². The maximum Gasteiger partial charge on any atom is 0.263 e. The minimum absolute atomic E-state index is 0.131. The number of aryl methyl sites for hydroxylation is 1. The number of hydrogen-bond donors (Lipinski definition) is 1. The van der Waals surface area contributed by atoms with E-state index in [0.717, 1.165) is 29.7 Å². The van der Waals surface area contributed by atoms with Crippen molar-refractivity contribution in [2.75, 3.05) is 13.7 Å². The molecule has 0 saturated carbocycles. The summed E-state index contributed by atoms with van der Waals surface area (Å²) in [5.41, 5.74) is 6.85. The zero-order chi connectivity index (χ0) is 20.6. The van der Waals surface area contributed by atoms with Crippen molar-refractivity contribution in [1.29, 1.82) is 0 Å². The molecule has 2 heterocycles. The van der Waals surface area contributed by atoms with Gasteiger partial charge >= 0.3 is 0 Å². The summed E-state index contributed by atoms with van der Waals surface area (Å²) in [6, 6.07) is -0.683. The number of nitrogens with zero attached hydrogens (tertiary/aromatic N) is 2. The molecule has 2 atom stereocenters. The lowest BCUT2D eigenvalue weighted by molar-refractivity contribution is -0.121. The average Bonchev–Trinajstić information content (AvgIpc) is 2.99. The summed E-state index contributed by atoms with van der Waals surface area (Å²) in [7, 11) is 1.61. The number of hydrogen-bond acceptors (Lipinski definition) is 5. The highest BCUT2D eigenvalue weighted by Crippen LogP contribution is 2.42. The lowest BCUT2D eigenvalue weighted by Crippen LogP contribution is -2.36. The molecule has 154 valence electrons. The van der Waals surface area contributed by atoms with E-state index in [2.05, 4.69) is 20.8 Å². The second kappa shape index (κ2) is 7.95. The molecule has 7 heteroatoms. The Balaban J connectivity index is 2.19. The molecular formula is C21H31N3O3S. The van der Waals surface area contributed by atoms with E-state index in [-0.39, 0.29) is 11.0 Å². The number of carbonyl (C=O) groups excluding carboxylic acids is 1. The zero-order valence-electron chi connectivity index (χ0n) is 17.5. The third-order valence-corrected chi connectivity index (χ3v) is 7.12. The van der Waals surface area contributed by atoms with Crippen LogP contribution in [0.2, 0.25) is 0 Å². The fraction of sp³-hybridized carbons (Fsp3) is 0.667. The standard InChI is InChI=1S/C21H31N3O3S/c1-6-14(18(22)25)24-16(9-10-27-5)23-19-17(20(24)26)13-8-7-12(21(2,3)4)11-15(13)28-19/h12,14H,6-11H2,1-5H3,(H2,22,25). The summed E-state index contributed by atoms with van der Waals surface area (Å²) in [6.07, 6.45) is 3.87. The number of aromatic nitrogens is 2. The van der Waals surface area contributed by atoms with Gasteiger partial charge in [-0.1, -0.05) is 27.7 Å². The van der Waals surface area contributed by atoms with Crippen LogP contribution in [0.25, 0.3) is 10.2 Å². The Kier molecular flexibility index (Phi) is 5.96. The smallest absolute Gasteiger partial charge is 0.263 e. The fourth-order valence-electron chi connectivity index (χ4n) is 4.22. The first kappa shape index (κ1) is 21.0. The third kappa shape index (κ3) is 3.74. The van der Waals surface area contributed by atoms with Gasteiger partial charge in [0.2, 0.25) is 5.91 Å². The second-order valence-electron chi connectivity index (χ2n) is 8.76. The van der Waals surface area contributed by atoms with Crippen LogP contribution in [0.3, 0.4) is 0 Å². The van der Waals surface area contributed by atoms with Crippen molar-refractivity contribution in [1.82, 2.24) is 9.55 Å². The molecule has 0 radical (unpaired) electrons. The Labute approximate surface area is 170 Å². The Morgan fingerprint density at radius 3 is 2.71 bits per heavy atom. The first-order chi connectivity index (χ1) is 13.2. The van der Waals surface area contributed by atoms with E-state index in [4.69, 9.17) is 15.5 Å². The highest BCUT2D eigenvalue weighted by molar-refractivity contribution is 7.18. The van der Waals surface area contributed by atoms with Gasteiger partial charge in [-0.05, 0) is 42.6 Å². The van der Waals surface area contributed by atoms with Gasteiger partial charge in [-0.3, -0.25) is 14.2 Å². The van der Waals surface area contributed by atoms with Crippen LogP contribution in [0.1, 0.15) is 62.8 Å². The van der Waals surface area contributed by atoms with E-state index in [9.17, 15) is 9.59 Å². The molecule has 1 aliphatic carbocycles. The molecule has 1 amide bonds. The number of fused-ring (bicyclic) bond motifs is 3. The Morgan fingerprint density at radius 1 is 1.43 bits per heavy atom. The molecule has 2 aromatic heterocycles. The molecule has 0 aliphatic heterocycles. The number of carbonyl (C=O) groups is 1. The maximum absolute atomic E-state index is 13.5. The van der Waals surface area contributed by atoms with Gasteiger partial charge in [-0.15, -0.1) is 11.3 Å². The van der Waals surface area contributed by atoms with Gasteiger partial charge in [0.1, 0.15) is 16.7 Å². The van der Waals surface area contributed by atoms with E-state index in [0.29, 0.717) is 36.6 Å². The Morgan fingerprint density at radius 2 is 2.14 bits per heavy atom. The van der Waals surface area contributed by atoms with Gasteiger partial charge in [0.15, 0.2) is 0 Å². The van der Waals surface area contributed by atoms with Crippen LogP contribution < -0.4 is 11.3 Å². The first-order valence-electron chi connectivity index (χ1n) is 10.0. The van der Waals surface area contributed by atoms with Crippen LogP contribution in [-0.4, -0.2) is 29.2 Å². The second-order valence-corrected chi connectivity index (χ2v) is 9.85. The van der Waals surface area contributed by atoms with Crippen molar-refractivity contribution in [3.8, 4) is 0 Å². The van der Waals surface area contributed by atoms with E-state index in [1.165, 1.54) is 9.44 Å². The van der Waals surface area contributed by atoms with Crippen molar-refractivity contribution in [3.05, 3.63) is 26.6 Å². The van der Waals surface area contributed by atoms with Crippen molar-refractivity contribution in [2.24, 2.45) is 17.1 Å². The van der Waals surface area contributed by atoms with Crippen LogP contribution in [0.4, 0.5) is 0 Å². The van der Waals surface area contributed by atoms with E-state index in [1.54, 1.807) is 18.4 Å². The van der Waals surface area contributed by atoms with Crippen molar-refractivity contribution in [2.45, 2.75) is 65.8 Å². The number of ether oxygens (including phenoxy) is 1. The summed E-state index contributed by atoms with van der Waals surface area (Å²) in [4.78, 5) is 32.4. The number of primary amides is 1. The molecular weight excluding hydrogens is 374 g/mol. The topological polar surface area (TPSA) is 87.2 Å². The fourth-order valence-corrected chi connectivity index (χ4v) is 5.53. The molecule has 2 aromatic rings. The van der Waals surface area contributed by atoms with Gasteiger partial charge in [0.05, 0.1) is 12.0 Å². The number of rotatable bonds is 6. The minimum atomic E-state index is -0.683. The molecule has 0 bridgehead atoms. The minimum Gasteiger partial charge on any atom is -0.384 e. The molecule has 6 nitrogen and oxygen atoms in total. The predicted octanol–water partition coefficient (Wildman–Crippen LogP) is 3.23. The molecule has 0 spiro atoms. The van der Waals surface area contributed by atoms with Crippen LogP contribution in [0, 0.1) is 11.3 Å². The van der Waals surface area contributed by atoms with Crippen molar-refractivity contribution >= 4 is 27.5 Å². The van der Waals surface area contributed by atoms with Crippen LogP contribution >= 0.6 is 11.3 Å². The first-order valence-corrected chi connectivity index (χ1v) is 10.8. The lowest BCUT2D eigenvalue weighted by Gasteiger charge is -2.33. The molecule has 1 aliphatic rings. The van der Waals surface area contributed by atoms with Crippen molar-refractivity contribution in [3.63, 3.8) is 0 Å². The van der Waals surface area contributed by atoms with Gasteiger partial charge < -0.3 is 10.5 Å². The van der Waals surface area contributed by atoms with Crippen LogP contribution in [-0.2, 0) is 28.8 Å². The van der Waals surface area contributed by atoms with Gasteiger partial charge in [-0.25, -0.2) is 4.98 Å². The monoisotopic (exact) mass is 405 g/mol. The quantitative estimate of drug-likeness (QED) is 0.799. The summed E-state index contributed by atoms with van der Waals surface area (Å²) in [5, 5.41) is 0.688. The average molecular weight is 406 g/mol. The summed E-state index contributed by atoms with van der Waals surface area (Å²) in [5.74, 6) is 0.675. The summed E-state index contributed by atoms with van der Waals surface area (Å²) < 4.78 is 6.71. The Bertz CT molecular complexity index is 939. The van der Waals surface area contributed by atoms with E-state index >= 15 is 0 Å². The molecule has 28 heavy (non-hydrogen) atoms. The van der Waals surface area contributed by atoms with E-state index < -0.39 is 11.9 Å². The number of methoxy groups -OCH3 is 1. The van der Waals surface area contributed by atoms with Gasteiger partial charge in [0.25, 0.3) is 5.56 Å². The largest absolute Gasteiger partial charge is 0.384 e. The highest BCUT2D eigenvalue weighted by Gasteiger charge is 2.33. The zero-order valence-corrected chi connectivity index (χ0v) is 18.3. The molecule has 0 fully saturated rings. The number of amides is 1. The molecule has 2 unspecified atom stereocenters. The molecule has 0 saturated heterocycles. The molecule has 0 aromatic carbocycles. The lowest BCUT2D eigenvalue weighted by atomic mass is 9.72. The van der Waals surface area contributed by atoms with Gasteiger partial charge in [0, 0.05) is 18.4 Å². The Hall–Kier alpha value is -1.73. The predicted molar refractivity (Wildman–Crippen MR) is 113 cm³/mol. The molecule has 3 rings (SSSR count). The van der Waals surface area contributed by atoms with Crippen molar-refractivity contribution < 1.29 is 9.53 Å². The third-order valence-electron chi connectivity index (χ3n) is 5.97. The van der Waals surface area contributed by atoms with Crippen LogP contribution in [0.15, 0.2) is 4.79 Å².